The van der Waals surface area contributed by atoms with E-state index in [2.05, 4.69) is 10.6 Å². The number of carbonyl (C=O) groups excluding carboxylic acids is 1. The number of halogens is 3. The Morgan fingerprint density at radius 1 is 1.26 bits per heavy atom. The van der Waals surface area contributed by atoms with E-state index in [4.69, 9.17) is 4.74 Å². The molecule has 1 amide bonds. The highest BCUT2D eigenvalue weighted by Gasteiger charge is 2.23. The maximum Gasteiger partial charge on any atom is 0.237 e. The van der Waals surface area contributed by atoms with Gasteiger partial charge >= 0.3 is 0 Å². The van der Waals surface area contributed by atoms with Gasteiger partial charge in [0.15, 0.2) is 6.17 Å². The molecule has 0 saturated carbocycles. The van der Waals surface area contributed by atoms with Crippen LogP contribution < -0.4 is 15.4 Å². The molecule has 1 heterocycles. The van der Waals surface area contributed by atoms with Crippen molar-refractivity contribution in [3.05, 3.63) is 29.8 Å². The average Bonchev–Trinajstić information content (AvgIpc) is 2.97. The Morgan fingerprint density at radius 3 is 2.61 bits per heavy atom. The highest BCUT2D eigenvalue weighted by atomic mass is 19.2. The van der Waals surface area contributed by atoms with E-state index < -0.39 is 32.0 Å². The zero-order chi connectivity index (χ0) is 16.7. The highest BCUT2D eigenvalue weighted by molar-refractivity contribution is 5.83. The van der Waals surface area contributed by atoms with Crippen LogP contribution in [-0.4, -0.2) is 44.1 Å². The first-order chi connectivity index (χ1) is 11.1. The van der Waals surface area contributed by atoms with Gasteiger partial charge in [-0.05, 0) is 24.1 Å². The Balaban J connectivity index is 1.74. The molecule has 3 atom stereocenters. The minimum atomic E-state index is -1.85. The number of hydrogen-bond acceptors (Lipinski definition) is 3. The molecule has 4 nitrogen and oxygen atoms in total. The van der Waals surface area contributed by atoms with Crippen LogP contribution in [0.3, 0.4) is 0 Å². The third-order valence-electron chi connectivity index (χ3n) is 3.71. The molecule has 1 fully saturated rings. The fraction of sp³-hybridized carbons (Fsp3) is 0.562. The topological polar surface area (TPSA) is 50.4 Å². The number of hydrogen-bond donors (Lipinski definition) is 2. The predicted molar refractivity (Wildman–Crippen MR) is 80.6 cm³/mol. The van der Waals surface area contributed by atoms with Crippen LogP contribution in [0, 0.1) is 0 Å². The number of rotatable bonds is 9. The number of ether oxygens (including phenoxy) is 1. The van der Waals surface area contributed by atoms with Crippen molar-refractivity contribution in [1.29, 1.82) is 0 Å². The minimum Gasteiger partial charge on any atom is -0.490 e. The Morgan fingerprint density at radius 2 is 2.00 bits per heavy atom. The molecule has 0 radical (unpaired) electrons. The molecule has 1 aliphatic heterocycles. The highest BCUT2D eigenvalue weighted by Crippen LogP contribution is 2.15. The van der Waals surface area contributed by atoms with Crippen LogP contribution in [0.1, 0.15) is 18.4 Å². The maximum atomic E-state index is 13.4. The van der Waals surface area contributed by atoms with Gasteiger partial charge in [-0.15, -0.1) is 0 Å². The second kappa shape index (κ2) is 8.76. The van der Waals surface area contributed by atoms with Gasteiger partial charge in [0.25, 0.3) is 0 Å². The quantitative estimate of drug-likeness (QED) is 0.729. The molecule has 1 saturated heterocycles. The average molecular weight is 330 g/mol. The Bertz CT molecular complexity index is 499. The predicted octanol–water partition coefficient (Wildman–Crippen LogP) is 2.08. The molecular weight excluding hydrogens is 309 g/mol. The zero-order valence-corrected chi connectivity index (χ0v) is 12.7. The van der Waals surface area contributed by atoms with Crippen molar-refractivity contribution in [3.8, 4) is 5.75 Å². The van der Waals surface area contributed by atoms with Gasteiger partial charge in [-0.1, -0.05) is 12.1 Å². The van der Waals surface area contributed by atoms with Gasteiger partial charge in [0, 0.05) is 19.5 Å². The van der Waals surface area contributed by atoms with E-state index in [0.717, 1.165) is 12.0 Å². The van der Waals surface area contributed by atoms with Crippen LogP contribution in [0.5, 0.6) is 5.75 Å². The third-order valence-corrected chi connectivity index (χ3v) is 3.71. The second-order valence-electron chi connectivity index (χ2n) is 5.48. The van der Waals surface area contributed by atoms with Crippen LogP contribution in [0.15, 0.2) is 24.3 Å². The molecule has 128 valence electrons. The lowest BCUT2D eigenvalue weighted by Crippen LogP contribution is -2.35. The van der Waals surface area contributed by atoms with E-state index in [0.29, 0.717) is 18.8 Å². The Kier molecular flexibility index (Phi) is 6.70. The van der Waals surface area contributed by atoms with Crippen LogP contribution in [0.25, 0.3) is 0 Å². The smallest absolute Gasteiger partial charge is 0.237 e. The number of benzene rings is 1. The summed E-state index contributed by atoms with van der Waals surface area (Å²) >= 11 is 0. The third kappa shape index (κ3) is 5.42. The molecular formula is C16H21F3N2O2. The lowest BCUT2D eigenvalue weighted by Gasteiger charge is -2.14. The number of nitrogens with one attached hydrogen (secondary N) is 2. The van der Waals surface area contributed by atoms with E-state index in [1.54, 1.807) is 24.3 Å². The summed E-state index contributed by atoms with van der Waals surface area (Å²) in [6, 6.07) is 6.71. The molecule has 1 aliphatic rings. The monoisotopic (exact) mass is 330 g/mol. The Hall–Kier alpha value is -1.76. The number of carbonyl (C=O) groups is 1. The van der Waals surface area contributed by atoms with Crippen molar-refractivity contribution in [3.63, 3.8) is 0 Å². The maximum absolute atomic E-state index is 13.4. The van der Waals surface area contributed by atoms with Crippen molar-refractivity contribution in [2.24, 2.45) is 0 Å². The van der Waals surface area contributed by atoms with E-state index in [-0.39, 0.29) is 11.9 Å². The van der Waals surface area contributed by atoms with Gasteiger partial charge in [0.05, 0.1) is 12.7 Å². The normalized spacial score (nSPS) is 20.1. The number of alkyl halides is 3. The van der Waals surface area contributed by atoms with Gasteiger partial charge in [-0.3, -0.25) is 9.18 Å². The molecule has 2 rings (SSSR count). The van der Waals surface area contributed by atoms with Gasteiger partial charge in [0.2, 0.25) is 5.91 Å². The van der Waals surface area contributed by atoms with Crippen molar-refractivity contribution in [2.75, 3.05) is 19.8 Å². The Labute approximate surface area is 133 Å². The van der Waals surface area contributed by atoms with E-state index in [9.17, 15) is 18.0 Å². The first-order valence-corrected chi connectivity index (χ1v) is 7.67. The minimum absolute atomic E-state index is 0.00740. The van der Waals surface area contributed by atoms with Crippen molar-refractivity contribution in [2.45, 2.75) is 37.8 Å². The first-order valence-electron chi connectivity index (χ1n) is 7.67. The van der Waals surface area contributed by atoms with E-state index >= 15 is 0 Å². The molecule has 2 N–H and O–H groups in total. The van der Waals surface area contributed by atoms with Crippen LogP contribution in [0.4, 0.5) is 13.2 Å². The van der Waals surface area contributed by atoms with E-state index in [1.165, 1.54) is 0 Å². The summed E-state index contributed by atoms with van der Waals surface area (Å²) in [5.41, 5.74) is 0.953. The zero-order valence-electron chi connectivity index (χ0n) is 12.7. The summed E-state index contributed by atoms with van der Waals surface area (Å²) in [5.74, 6) is 0.426. The summed E-state index contributed by atoms with van der Waals surface area (Å²) in [5, 5.41) is 5.90. The summed E-state index contributed by atoms with van der Waals surface area (Å²) < 4.78 is 43.6. The van der Waals surface area contributed by atoms with Crippen LogP contribution in [-0.2, 0) is 11.3 Å². The molecule has 7 heteroatoms. The standard InChI is InChI=1S/C16H21F3N2O2/c17-7-5-13(18)14(19)10-23-12-3-1-11(2-4-12)9-21-15-6-8-20-16(15)22/h1-4,13-15,21H,5-10H2,(H,20,22). The van der Waals surface area contributed by atoms with Crippen molar-refractivity contribution in [1.82, 2.24) is 10.6 Å². The summed E-state index contributed by atoms with van der Waals surface area (Å²) in [4.78, 5) is 11.4. The van der Waals surface area contributed by atoms with E-state index in [1.807, 2.05) is 0 Å². The molecule has 0 bridgehead atoms. The lowest BCUT2D eigenvalue weighted by atomic mass is 10.2. The SMILES string of the molecule is O=C1NCCC1NCc1ccc(OCC(F)C(F)CCF)cc1. The van der Waals surface area contributed by atoms with Gasteiger partial charge in [0.1, 0.15) is 18.5 Å². The summed E-state index contributed by atoms with van der Waals surface area (Å²) in [7, 11) is 0. The lowest BCUT2D eigenvalue weighted by molar-refractivity contribution is -0.120. The summed E-state index contributed by atoms with van der Waals surface area (Å²) in [6.45, 7) is -0.109. The fourth-order valence-electron chi connectivity index (χ4n) is 2.30. The molecule has 1 aromatic rings. The first kappa shape index (κ1) is 17.6. The molecule has 23 heavy (non-hydrogen) atoms. The van der Waals surface area contributed by atoms with Crippen LogP contribution >= 0.6 is 0 Å². The fourth-order valence-corrected chi connectivity index (χ4v) is 2.30. The van der Waals surface area contributed by atoms with Gasteiger partial charge in [-0.25, -0.2) is 8.78 Å². The molecule has 0 aliphatic carbocycles. The number of amides is 1. The molecule has 0 spiro atoms. The van der Waals surface area contributed by atoms with Gasteiger partial charge in [-0.2, -0.15) is 0 Å². The van der Waals surface area contributed by atoms with Gasteiger partial charge < -0.3 is 15.4 Å². The van der Waals surface area contributed by atoms with Crippen molar-refractivity contribution >= 4 is 5.91 Å². The molecule has 1 aromatic carbocycles. The largest absolute Gasteiger partial charge is 0.490 e. The summed E-state index contributed by atoms with van der Waals surface area (Å²) in [6.07, 6.45) is -3.38. The molecule has 3 unspecified atom stereocenters. The molecule has 0 aromatic heterocycles. The second-order valence-corrected chi connectivity index (χ2v) is 5.48. The van der Waals surface area contributed by atoms with Crippen LogP contribution in [0.2, 0.25) is 0 Å². The van der Waals surface area contributed by atoms with Crippen molar-refractivity contribution < 1.29 is 22.7 Å².